The highest BCUT2D eigenvalue weighted by Crippen LogP contribution is 2.15. The molecule has 118 valence electrons. The Bertz CT molecular complexity index is 809. The lowest BCUT2D eigenvalue weighted by Gasteiger charge is -2.13. The molecule has 0 aliphatic carbocycles. The average molecular weight is 310 g/mol. The molecule has 0 aliphatic heterocycles. The molecule has 0 fully saturated rings. The number of ketones is 1. The number of Topliss-reactive ketones (excluding diaryl/α,β-unsaturated/α-hetero) is 1. The third kappa shape index (κ3) is 3.57. The molecule has 1 atom stereocenters. The molecule has 1 N–H and O–H groups in total. The number of para-hydroxylation sites is 2. The minimum absolute atomic E-state index is 0.0172. The van der Waals surface area contributed by atoms with E-state index in [0.29, 0.717) is 17.9 Å². The average Bonchev–Trinajstić information content (AvgIpc) is 2.96. The molecule has 23 heavy (non-hydrogen) atoms. The van der Waals surface area contributed by atoms with Gasteiger partial charge in [0.05, 0.1) is 23.9 Å². The van der Waals surface area contributed by atoms with Crippen molar-refractivity contribution in [2.75, 3.05) is 6.61 Å². The first kappa shape index (κ1) is 15.2. The standard InChI is InChI=1S/C18H18N2O3/c1-13(21)14-6-8-16(9-7-14)23-11-15(22)10-20-12-19-17-4-2-3-5-18(17)20/h2-9,12,15,22H,10-11H2,1H3/t15-/m1/s1. The molecular formula is C18H18N2O3. The molecule has 0 aliphatic rings. The first-order chi connectivity index (χ1) is 11.1. The van der Waals surface area contributed by atoms with Crippen LogP contribution in [0.3, 0.4) is 0 Å². The van der Waals surface area contributed by atoms with Crippen LogP contribution in [0.25, 0.3) is 11.0 Å². The van der Waals surface area contributed by atoms with Gasteiger partial charge in [-0.3, -0.25) is 4.79 Å². The number of fused-ring (bicyclic) bond motifs is 1. The van der Waals surface area contributed by atoms with Crippen LogP contribution in [0.5, 0.6) is 5.75 Å². The number of nitrogens with zero attached hydrogens (tertiary/aromatic N) is 2. The first-order valence-electron chi connectivity index (χ1n) is 7.45. The maximum atomic E-state index is 11.2. The Morgan fingerprint density at radius 2 is 1.96 bits per heavy atom. The Hall–Kier alpha value is -2.66. The molecule has 0 bridgehead atoms. The van der Waals surface area contributed by atoms with Gasteiger partial charge in [-0.25, -0.2) is 4.98 Å². The fourth-order valence-corrected chi connectivity index (χ4v) is 2.41. The summed E-state index contributed by atoms with van der Waals surface area (Å²) in [7, 11) is 0. The molecule has 3 rings (SSSR count). The quantitative estimate of drug-likeness (QED) is 0.711. The monoisotopic (exact) mass is 310 g/mol. The number of aromatic nitrogens is 2. The van der Waals surface area contributed by atoms with Crippen LogP contribution in [0.4, 0.5) is 0 Å². The van der Waals surface area contributed by atoms with Crippen molar-refractivity contribution >= 4 is 16.8 Å². The molecule has 0 radical (unpaired) electrons. The topological polar surface area (TPSA) is 64.3 Å². The van der Waals surface area contributed by atoms with Gasteiger partial charge < -0.3 is 14.4 Å². The third-order valence-corrected chi connectivity index (χ3v) is 3.64. The van der Waals surface area contributed by atoms with E-state index < -0.39 is 6.10 Å². The van der Waals surface area contributed by atoms with E-state index in [-0.39, 0.29) is 12.4 Å². The van der Waals surface area contributed by atoms with E-state index in [4.69, 9.17) is 4.74 Å². The minimum Gasteiger partial charge on any atom is -0.491 e. The van der Waals surface area contributed by atoms with E-state index >= 15 is 0 Å². The summed E-state index contributed by atoms with van der Waals surface area (Å²) in [6.45, 7) is 2.10. The maximum Gasteiger partial charge on any atom is 0.159 e. The summed E-state index contributed by atoms with van der Waals surface area (Å²) >= 11 is 0. The second kappa shape index (κ2) is 6.62. The van der Waals surface area contributed by atoms with Crippen LogP contribution in [0.1, 0.15) is 17.3 Å². The molecule has 0 saturated heterocycles. The van der Waals surface area contributed by atoms with Crippen molar-refractivity contribution in [2.24, 2.45) is 0 Å². The Morgan fingerprint density at radius 1 is 1.22 bits per heavy atom. The van der Waals surface area contributed by atoms with Crippen LogP contribution in [-0.4, -0.2) is 33.2 Å². The number of ether oxygens (including phenoxy) is 1. The van der Waals surface area contributed by atoms with Crippen molar-refractivity contribution in [3.63, 3.8) is 0 Å². The van der Waals surface area contributed by atoms with Gasteiger partial charge in [-0.05, 0) is 43.3 Å². The van der Waals surface area contributed by atoms with Gasteiger partial charge >= 0.3 is 0 Å². The second-order valence-electron chi connectivity index (χ2n) is 5.43. The van der Waals surface area contributed by atoms with E-state index in [1.165, 1.54) is 6.92 Å². The predicted octanol–water partition coefficient (Wildman–Crippen LogP) is 2.68. The van der Waals surface area contributed by atoms with Crippen molar-refractivity contribution in [2.45, 2.75) is 19.6 Å². The Labute approximate surface area is 134 Å². The van der Waals surface area contributed by atoms with E-state index in [0.717, 1.165) is 11.0 Å². The number of hydrogen-bond acceptors (Lipinski definition) is 4. The van der Waals surface area contributed by atoms with Gasteiger partial charge in [0.2, 0.25) is 0 Å². The second-order valence-corrected chi connectivity index (χ2v) is 5.43. The highest BCUT2D eigenvalue weighted by molar-refractivity contribution is 5.94. The summed E-state index contributed by atoms with van der Waals surface area (Å²) in [5.74, 6) is 0.646. The number of aliphatic hydroxyl groups is 1. The number of benzene rings is 2. The molecule has 0 saturated carbocycles. The summed E-state index contributed by atoms with van der Waals surface area (Å²) in [6, 6.07) is 14.7. The fourth-order valence-electron chi connectivity index (χ4n) is 2.41. The van der Waals surface area contributed by atoms with Gasteiger partial charge in [0.15, 0.2) is 5.78 Å². The van der Waals surface area contributed by atoms with Gasteiger partial charge in [0, 0.05) is 5.56 Å². The molecule has 0 unspecified atom stereocenters. The van der Waals surface area contributed by atoms with Gasteiger partial charge in [0.1, 0.15) is 18.5 Å². The Morgan fingerprint density at radius 3 is 2.70 bits per heavy atom. The van der Waals surface area contributed by atoms with Crippen LogP contribution in [0, 0.1) is 0 Å². The SMILES string of the molecule is CC(=O)c1ccc(OC[C@H](O)Cn2cnc3ccccc32)cc1. The summed E-state index contributed by atoms with van der Waals surface area (Å²) in [4.78, 5) is 15.5. The zero-order valence-electron chi connectivity index (χ0n) is 12.8. The minimum atomic E-state index is -0.653. The Kier molecular flexibility index (Phi) is 4.39. The highest BCUT2D eigenvalue weighted by atomic mass is 16.5. The molecule has 3 aromatic rings. The van der Waals surface area contributed by atoms with Crippen molar-refractivity contribution < 1.29 is 14.6 Å². The number of carbonyl (C=O) groups is 1. The van der Waals surface area contributed by atoms with E-state index in [1.807, 2.05) is 28.8 Å². The molecule has 1 aromatic heterocycles. The number of rotatable bonds is 6. The zero-order valence-corrected chi connectivity index (χ0v) is 12.8. The van der Waals surface area contributed by atoms with Crippen LogP contribution in [0.15, 0.2) is 54.9 Å². The fraction of sp³-hybridized carbons (Fsp3) is 0.222. The van der Waals surface area contributed by atoms with Crippen LogP contribution in [-0.2, 0) is 6.54 Å². The molecule has 5 heteroatoms. The smallest absolute Gasteiger partial charge is 0.159 e. The lowest BCUT2D eigenvalue weighted by Crippen LogP contribution is -2.23. The number of aliphatic hydroxyl groups excluding tert-OH is 1. The molecule has 1 heterocycles. The van der Waals surface area contributed by atoms with E-state index in [2.05, 4.69) is 4.98 Å². The number of hydrogen-bond donors (Lipinski definition) is 1. The Balaban J connectivity index is 1.59. The highest BCUT2D eigenvalue weighted by Gasteiger charge is 2.09. The van der Waals surface area contributed by atoms with Crippen molar-refractivity contribution in [1.29, 1.82) is 0 Å². The van der Waals surface area contributed by atoms with Crippen molar-refractivity contribution in [1.82, 2.24) is 9.55 Å². The van der Waals surface area contributed by atoms with Crippen molar-refractivity contribution in [3.05, 3.63) is 60.4 Å². The lowest BCUT2D eigenvalue weighted by atomic mass is 10.1. The summed E-state index contributed by atoms with van der Waals surface area (Å²) in [5.41, 5.74) is 2.53. The third-order valence-electron chi connectivity index (χ3n) is 3.64. The normalized spacial score (nSPS) is 12.3. The van der Waals surface area contributed by atoms with Gasteiger partial charge in [-0.2, -0.15) is 0 Å². The molecular weight excluding hydrogens is 292 g/mol. The summed E-state index contributed by atoms with van der Waals surface area (Å²) in [6.07, 6.45) is 1.07. The molecule has 2 aromatic carbocycles. The van der Waals surface area contributed by atoms with Gasteiger partial charge in [-0.15, -0.1) is 0 Å². The van der Waals surface area contributed by atoms with Crippen molar-refractivity contribution in [3.8, 4) is 5.75 Å². The molecule has 5 nitrogen and oxygen atoms in total. The van der Waals surface area contributed by atoms with E-state index in [1.54, 1.807) is 30.6 Å². The summed E-state index contributed by atoms with van der Waals surface area (Å²) in [5, 5.41) is 10.2. The number of carbonyl (C=O) groups excluding carboxylic acids is 1. The van der Waals surface area contributed by atoms with Crippen LogP contribution in [0.2, 0.25) is 0 Å². The van der Waals surface area contributed by atoms with E-state index in [9.17, 15) is 9.90 Å². The van der Waals surface area contributed by atoms with Crippen LogP contribution >= 0.6 is 0 Å². The molecule has 0 spiro atoms. The summed E-state index contributed by atoms with van der Waals surface area (Å²) < 4.78 is 7.47. The first-order valence-corrected chi connectivity index (χ1v) is 7.45. The predicted molar refractivity (Wildman–Crippen MR) is 87.7 cm³/mol. The largest absolute Gasteiger partial charge is 0.491 e. The maximum absolute atomic E-state index is 11.2. The van der Waals surface area contributed by atoms with Gasteiger partial charge in [0.25, 0.3) is 0 Å². The zero-order chi connectivity index (χ0) is 16.2. The molecule has 0 amide bonds. The lowest BCUT2D eigenvalue weighted by molar-refractivity contribution is 0.0933. The number of imidazole rings is 1. The van der Waals surface area contributed by atoms with Gasteiger partial charge in [-0.1, -0.05) is 12.1 Å². The van der Waals surface area contributed by atoms with Crippen LogP contribution < -0.4 is 4.74 Å².